The Hall–Kier alpha value is -4.54. The number of carboxylic acids is 3. The van der Waals surface area contributed by atoms with Crippen LogP contribution in [0.5, 0.6) is 0 Å². The first kappa shape index (κ1) is 29.5. The van der Waals surface area contributed by atoms with E-state index in [1.165, 1.54) is 12.5 Å². The van der Waals surface area contributed by atoms with Crippen LogP contribution >= 0.6 is 0 Å². The van der Waals surface area contributed by atoms with Crippen molar-refractivity contribution < 1.29 is 48.9 Å². The Morgan fingerprint density at radius 1 is 0.861 bits per heavy atom. The Bertz CT molecular complexity index is 981. The molecule has 17 nitrogen and oxygen atoms in total. The van der Waals surface area contributed by atoms with E-state index in [-0.39, 0.29) is 19.3 Å². The minimum absolute atomic E-state index is 0.0141. The van der Waals surface area contributed by atoms with Crippen molar-refractivity contribution in [2.24, 2.45) is 11.5 Å². The Morgan fingerprint density at radius 3 is 1.89 bits per heavy atom. The Labute approximate surface area is 203 Å². The largest absolute Gasteiger partial charge is 0.481 e. The van der Waals surface area contributed by atoms with Crippen LogP contribution in [0, 0.1) is 0 Å². The van der Waals surface area contributed by atoms with Gasteiger partial charge in [0.1, 0.15) is 18.1 Å². The van der Waals surface area contributed by atoms with Crippen molar-refractivity contribution in [2.45, 2.75) is 56.3 Å². The number of nitrogens with one attached hydrogen (secondary N) is 4. The number of carboxylic acid groups (broad SMARTS) is 3. The standard InChI is InChI=1S/C19H27N7O10/c20-9(3-8-6-22-7-23-8)16(32)24-10(1-2-13(21)27)17(33)25-11(4-14(28)29)18(34)26-12(19(35)36)5-15(30)31/h6-7,9-12H,1-5,20H2,(H2,21,27)(H,22,23)(H,24,32)(H,25,33)(H,26,34)(H,28,29)(H,30,31)(H,35,36). The summed E-state index contributed by atoms with van der Waals surface area (Å²) >= 11 is 0. The smallest absolute Gasteiger partial charge is 0.326 e. The highest BCUT2D eigenvalue weighted by Gasteiger charge is 2.32. The maximum absolute atomic E-state index is 12.8. The molecule has 198 valence electrons. The van der Waals surface area contributed by atoms with E-state index >= 15 is 0 Å². The average Bonchev–Trinajstić information content (AvgIpc) is 3.27. The molecule has 4 atom stereocenters. The van der Waals surface area contributed by atoms with Crippen molar-refractivity contribution in [1.82, 2.24) is 25.9 Å². The number of nitrogens with zero attached hydrogens (tertiary/aromatic N) is 1. The van der Waals surface area contributed by atoms with Crippen molar-refractivity contribution in [3.8, 4) is 0 Å². The molecule has 0 bridgehead atoms. The molecule has 0 aliphatic rings. The number of amides is 4. The highest BCUT2D eigenvalue weighted by atomic mass is 16.4. The maximum Gasteiger partial charge on any atom is 0.326 e. The van der Waals surface area contributed by atoms with Crippen LogP contribution in [0.4, 0.5) is 0 Å². The lowest BCUT2D eigenvalue weighted by Gasteiger charge is -2.24. The van der Waals surface area contributed by atoms with Crippen LogP contribution in [0.2, 0.25) is 0 Å². The Kier molecular flexibility index (Phi) is 11.5. The maximum atomic E-state index is 12.8. The lowest BCUT2D eigenvalue weighted by atomic mass is 10.1. The molecule has 0 saturated carbocycles. The van der Waals surface area contributed by atoms with E-state index in [9.17, 15) is 33.6 Å². The highest BCUT2D eigenvalue weighted by Crippen LogP contribution is 2.04. The van der Waals surface area contributed by atoms with E-state index < -0.39 is 78.5 Å². The number of aromatic nitrogens is 2. The second-order valence-corrected chi connectivity index (χ2v) is 7.61. The van der Waals surface area contributed by atoms with E-state index in [4.69, 9.17) is 26.8 Å². The summed E-state index contributed by atoms with van der Waals surface area (Å²) < 4.78 is 0. The van der Waals surface area contributed by atoms with Gasteiger partial charge in [-0.15, -0.1) is 0 Å². The van der Waals surface area contributed by atoms with Gasteiger partial charge in [-0.05, 0) is 6.42 Å². The fraction of sp³-hybridized carbons (Fsp3) is 0.474. The van der Waals surface area contributed by atoms with E-state index in [1.807, 2.05) is 5.32 Å². The predicted molar refractivity (Wildman–Crippen MR) is 117 cm³/mol. The number of hydrogen-bond acceptors (Lipinski definition) is 9. The van der Waals surface area contributed by atoms with E-state index in [0.717, 1.165) is 0 Å². The molecule has 1 aromatic heterocycles. The molecule has 4 amide bonds. The number of rotatable bonds is 16. The van der Waals surface area contributed by atoms with Crippen LogP contribution in [-0.2, 0) is 40.0 Å². The molecule has 1 aromatic rings. The van der Waals surface area contributed by atoms with E-state index in [1.54, 1.807) is 0 Å². The van der Waals surface area contributed by atoms with Crippen molar-refractivity contribution in [3.63, 3.8) is 0 Å². The van der Waals surface area contributed by atoms with Gasteiger partial charge in [-0.2, -0.15) is 0 Å². The van der Waals surface area contributed by atoms with Gasteiger partial charge in [0.05, 0.1) is 25.2 Å². The molecule has 0 aliphatic carbocycles. The third kappa shape index (κ3) is 10.6. The lowest BCUT2D eigenvalue weighted by Crippen LogP contribution is -2.57. The monoisotopic (exact) mass is 513 g/mol. The second-order valence-electron chi connectivity index (χ2n) is 7.61. The molecule has 0 radical (unpaired) electrons. The molecule has 4 unspecified atom stereocenters. The molecule has 0 saturated heterocycles. The SMILES string of the molecule is NC(=O)CCC(NC(=O)C(N)Cc1cnc[nH]1)C(=O)NC(CC(=O)O)C(=O)NC(CC(=O)O)C(=O)O. The fourth-order valence-electron chi connectivity index (χ4n) is 2.86. The molecule has 1 heterocycles. The summed E-state index contributed by atoms with van der Waals surface area (Å²) in [5, 5.41) is 33.2. The van der Waals surface area contributed by atoms with Gasteiger partial charge >= 0.3 is 17.9 Å². The molecule has 0 aromatic carbocycles. The van der Waals surface area contributed by atoms with Crippen LogP contribution in [0.3, 0.4) is 0 Å². The number of H-pyrrole nitrogens is 1. The van der Waals surface area contributed by atoms with E-state index in [2.05, 4.69) is 20.6 Å². The zero-order valence-electron chi connectivity index (χ0n) is 18.8. The van der Waals surface area contributed by atoms with Crippen LogP contribution < -0.4 is 27.4 Å². The summed E-state index contributed by atoms with van der Waals surface area (Å²) in [6.07, 6.45) is 0.0786. The average molecular weight is 513 g/mol. The first-order valence-electron chi connectivity index (χ1n) is 10.4. The summed E-state index contributed by atoms with van der Waals surface area (Å²) in [5.41, 5.74) is 11.4. The number of carbonyl (C=O) groups is 7. The summed E-state index contributed by atoms with van der Waals surface area (Å²) in [5.74, 6) is -8.84. The highest BCUT2D eigenvalue weighted by molar-refractivity contribution is 5.96. The molecular formula is C19H27N7O10. The second kappa shape index (κ2) is 14.0. The van der Waals surface area contributed by atoms with Gasteiger partial charge in [-0.25, -0.2) is 9.78 Å². The summed E-state index contributed by atoms with van der Waals surface area (Å²) in [6.45, 7) is 0. The van der Waals surface area contributed by atoms with Gasteiger partial charge in [0.2, 0.25) is 23.6 Å². The van der Waals surface area contributed by atoms with Gasteiger partial charge in [0, 0.05) is 24.7 Å². The Morgan fingerprint density at radius 2 is 1.39 bits per heavy atom. The third-order valence-electron chi connectivity index (χ3n) is 4.65. The van der Waals surface area contributed by atoms with Crippen molar-refractivity contribution in [2.75, 3.05) is 0 Å². The topological polar surface area (TPSA) is 297 Å². The minimum atomic E-state index is -1.91. The number of primary amides is 1. The number of aromatic amines is 1. The number of nitrogens with two attached hydrogens (primary N) is 2. The molecule has 11 N–H and O–H groups in total. The summed E-state index contributed by atoms with van der Waals surface area (Å²) in [7, 11) is 0. The van der Waals surface area contributed by atoms with Crippen molar-refractivity contribution in [1.29, 1.82) is 0 Å². The molecule has 0 spiro atoms. The molecule has 36 heavy (non-hydrogen) atoms. The first-order valence-corrected chi connectivity index (χ1v) is 10.4. The van der Waals surface area contributed by atoms with Gasteiger partial charge in [0.25, 0.3) is 0 Å². The fourth-order valence-corrected chi connectivity index (χ4v) is 2.86. The quantitative estimate of drug-likeness (QED) is 0.102. The number of imidazole rings is 1. The molecular weight excluding hydrogens is 486 g/mol. The van der Waals surface area contributed by atoms with Gasteiger partial charge in [-0.1, -0.05) is 0 Å². The van der Waals surface area contributed by atoms with Crippen molar-refractivity contribution in [3.05, 3.63) is 18.2 Å². The van der Waals surface area contributed by atoms with Gasteiger partial charge < -0.3 is 47.7 Å². The molecule has 1 rings (SSSR count). The summed E-state index contributed by atoms with van der Waals surface area (Å²) in [6, 6.07) is -6.39. The van der Waals surface area contributed by atoms with E-state index in [0.29, 0.717) is 5.69 Å². The van der Waals surface area contributed by atoms with Crippen LogP contribution in [-0.4, -0.2) is 91.0 Å². The first-order chi connectivity index (χ1) is 16.8. The van der Waals surface area contributed by atoms with Crippen LogP contribution in [0.1, 0.15) is 31.4 Å². The lowest BCUT2D eigenvalue weighted by molar-refractivity contribution is -0.148. The molecule has 0 aliphatic heterocycles. The number of hydrogen-bond donors (Lipinski definition) is 9. The number of aliphatic carboxylic acids is 3. The summed E-state index contributed by atoms with van der Waals surface area (Å²) in [4.78, 5) is 88.7. The van der Waals surface area contributed by atoms with Crippen LogP contribution in [0.25, 0.3) is 0 Å². The van der Waals surface area contributed by atoms with Crippen molar-refractivity contribution >= 4 is 41.5 Å². The minimum Gasteiger partial charge on any atom is -0.481 e. The Balaban J connectivity index is 3.00. The normalized spacial score (nSPS) is 13.9. The number of carbonyl (C=O) groups excluding carboxylic acids is 4. The zero-order chi connectivity index (χ0) is 27.4. The van der Waals surface area contributed by atoms with Gasteiger partial charge in [-0.3, -0.25) is 28.8 Å². The predicted octanol–water partition coefficient (Wildman–Crippen LogP) is -3.97. The third-order valence-corrected chi connectivity index (χ3v) is 4.65. The molecule has 17 heteroatoms. The van der Waals surface area contributed by atoms with Crippen LogP contribution in [0.15, 0.2) is 12.5 Å². The zero-order valence-corrected chi connectivity index (χ0v) is 18.8. The van der Waals surface area contributed by atoms with Gasteiger partial charge in [0.15, 0.2) is 0 Å². The molecule has 0 fully saturated rings.